The highest BCUT2D eigenvalue weighted by Gasteiger charge is 2.52. The van der Waals surface area contributed by atoms with Crippen LogP contribution in [0.3, 0.4) is 0 Å². The maximum absolute atomic E-state index is 6.65. The number of rotatable bonds is 9. The van der Waals surface area contributed by atoms with E-state index in [2.05, 4.69) is 141 Å². The Balaban J connectivity index is 1.60. The molecule has 7 heteroatoms. The van der Waals surface area contributed by atoms with Gasteiger partial charge in [0, 0.05) is 21.4 Å². The van der Waals surface area contributed by atoms with Crippen LogP contribution in [0.1, 0.15) is 50.1 Å². The normalized spacial score (nSPS) is 18.3. The van der Waals surface area contributed by atoms with Crippen molar-refractivity contribution in [3.63, 3.8) is 0 Å². The lowest BCUT2D eigenvalue weighted by molar-refractivity contribution is 0.00578. The molecule has 0 radical (unpaired) electrons. The lowest BCUT2D eigenvalue weighted by atomic mass is 9.71. The van der Waals surface area contributed by atoms with Crippen LogP contribution in [0.2, 0.25) is 6.32 Å². The average molecular weight is 560 g/mol. The lowest BCUT2D eigenvalue weighted by Crippen LogP contribution is -2.41. The topological polar surface area (TPSA) is 30.5 Å². The fourth-order valence-corrected chi connectivity index (χ4v) is 9.51. The van der Waals surface area contributed by atoms with Crippen molar-refractivity contribution in [3.05, 3.63) is 119 Å². The molecule has 0 unspecified atom stereocenters. The zero-order valence-electron chi connectivity index (χ0n) is 22.4. The molecule has 2 atom stereocenters. The third-order valence-electron chi connectivity index (χ3n) is 7.79. The largest absolute Gasteiger partial charge is 0.458 e. The van der Waals surface area contributed by atoms with Gasteiger partial charge in [-0.1, -0.05) is 109 Å². The van der Waals surface area contributed by atoms with Crippen LogP contribution < -0.4 is 15.7 Å². The molecule has 1 saturated heterocycles. The van der Waals surface area contributed by atoms with Crippen LogP contribution >= 0.6 is 17.5 Å². The molecule has 0 bridgehead atoms. The molecule has 1 aromatic heterocycles. The molecular weight excluding hydrogens is 524 g/mol. The minimum Gasteiger partial charge on any atom is -0.403 e. The Labute approximate surface area is 236 Å². The molecule has 1 aliphatic heterocycles. The van der Waals surface area contributed by atoms with Crippen LogP contribution in [0.15, 0.2) is 109 Å². The highest BCUT2D eigenvalue weighted by molar-refractivity contribution is 8.20. The molecule has 1 fully saturated rings. The summed E-state index contributed by atoms with van der Waals surface area (Å²) in [5.74, 6) is 0.0827. The predicted molar refractivity (Wildman–Crippen MR) is 167 cm³/mol. The first-order valence-corrected chi connectivity index (χ1v) is 16.8. The van der Waals surface area contributed by atoms with Crippen molar-refractivity contribution in [2.24, 2.45) is 0 Å². The van der Waals surface area contributed by atoms with Gasteiger partial charge in [0.05, 0.1) is 23.4 Å². The van der Waals surface area contributed by atoms with Gasteiger partial charge in [-0.2, -0.15) is 0 Å². The number of benzene rings is 3. The number of nitrogens with one attached hydrogen (secondary N) is 1. The van der Waals surface area contributed by atoms with Crippen LogP contribution in [-0.2, 0) is 21.1 Å². The van der Waals surface area contributed by atoms with Crippen molar-refractivity contribution >= 4 is 47.1 Å². The van der Waals surface area contributed by atoms with Crippen molar-refractivity contribution in [3.8, 4) is 0 Å². The van der Waals surface area contributed by atoms with E-state index in [1.54, 1.807) is 11.3 Å². The van der Waals surface area contributed by atoms with E-state index in [9.17, 15) is 0 Å². The summed E-state index contributed by atoms with van der Waals surface area (Å²) in [6.45, 7) is 8.46. The quantitative estimate of drug-likeness (QED) is 0.172. The molecule has 1 N–H and O–H groups in total. The zero-order chi connectivity index (χ0) is 26.8. The summed E-state index contributed by atoms with van der Waals surface area (Å²) in [6.07, 6.45) is -1.67. The van der Waals surface area contributed by atoms with E-state index < -0.39 is 6.19 Å². The third-order valence-corrected chi connectivity index (χ3v) is 13.0. The summed E-state index contributed by atoms with van der Waals surface area (Å²) >= 11 is 8.42. The van der Waals surface area contributed by atoms with Gasteiger partial charge in [-0.25, -0.2) is 0 Å². The molecule has 38 heavy (non-hydrogen) atoms. The Kier molecular flexibility index (Phi) is 8.12. The van der Waals surface area contributed by atoms with E-state index in [4.69, 9.17) is 21.1 Å². The fourth-order valence-electron chi connectivity index (χ4n) is 5.02. The van der Waals surface area contributed by atoms with Crippen LogP contribution in [-0.4, -0.2) is 18.3 Å². The minimum absolute atomic E-state index is 0.0253. The molecule has 196 valence electrons. The molecule has 0 spiro atoms. The van der Waals surface area contributed by atoms with Crippen molar-refractivity contribution in [2.45, 2.75) is 57.2 Å². The van der Waals surface area contributed by atoms with Gasteiger partial charge in [-0.15, -0.1) is 11.3 Å². The molecule has 5 rings (SSSR count). The predicted octanol–water partition coefficient (Wildman–Crippen LogP) is 7.30. The Morgan fingerprint density at radius 2 is 1.26 bits per heavy atom. The van der Waals surface area contributed by atoms with Crippen molar-refractivity contribution < 1.29 is 9.31 Å². The fraction of sp³-hybridized carbons (Fsp3) is 0.290. The monoisotopic (exact) mass is 559 g/mol. The van der Waals surface area contributed by atoms with Gasteiger partial charge < -0.3 is 9.31 Å². The van der Waals surface area contributed by atoms with Gasteiger partial charge in [-0.3, -0.25) is 5.09 Å². The van der Waals surface area contributed by atoms with E-state index in [0.717, 1.165) is 10.6 Å². The van der Waals surface area contributed by atoms with Crippen LogP contribution in [0, 0.1) is 0 Å². The van der Waals surface area contributed by atoms with Gasteiger partial charge in [-0.05, 0) is 51.0 Å². The Morgan fingerprint density at radius 1 is 0.763 bits per heavy atom. The second kappa shape index (κ2) is 11.2. The first kappa shape index (κ1) is 27.5. The van der Waals surface area contributed by atoms with Gasteiger partial charge in [0.2, 0.25) is 0 Å². The summed E-state index contributed by atoms with van der Waals surface area (Å²) in [4.78, 5) is 1.26. The molecule has 4 aromatic rings. The van der Waals surface area contributed by atoms with Gasteiger partial charge in [0.25, 0.3) is 0 Å². The molecule has 3 aromatic carbocycles. The van der Waals surface area contributed by atoms with E-state index in [1.165, 1.54) is 10.4 Å². The summed E-state index contributed by atoms with van der Waals surface area (Å²) < 4.78 is 13.0. The lowest BCUT2D eigenvalue weighted by Gasteiger charge is -2.35. The summed E-state index contributed by atoms with van der Waals surface area (Å²) in [5, 5.41) is 8.57. The number of thiophene rings is 1. The van der Waals surface area contributed by atoms with Gasteiger partial charge in [0.1, 0.15) is 0 Å². The molecule has 3 nitrogen and oxygen atoms in total. The first-order valence-electron chi connectivity index (χ1n) is 13.1. The van der Waals surface area contributed by atoms with E-state index in [1.807, 2.05) is 0 Å². The first-order chi connectivity index (χ1) is 18.2. The van der Waals surface area contributed by atoms with E-state index >= 15 is 0 Å². The molecule has 1 aliphatic rings. The molecule has 0 amide bonds. The van der Waals surface area contributed by atoms with Gasteiger partial charge >= 0.3 is 7.12 Å². The van der Waals surface area contributed by atoms with Crippen LogP contribution in [0.25, 0.3) is 0 Å². The molecule has 2 heterocycles. The Bertz CT molecular complexity index is 1310. The SMILES string of the molecule is CC1(C)OB(C[C@H](c2ccccc2)[C@@H](NP(=S)(c2ccccc2)c2ccccc2)c2cccs2)OC1(C)C. The summed E-state index contributed by atoms with van der Waals surface area (Å²) in [6, 6.07) is 36.1. The minimum atomic E-state index is -2.38. The maximum atomic E-state index is 6.65. The van der Waals surface area contributed by atoms with Crippen molar-refractivity contribution in [1.82, 2.24) is 5.09 Å². The summed E-state index contributed by atoms with van der Waals surface area (Å²) in [7, 11) is -0.319. The molecule has 0 saturated carbocycles. The third kappa shape index (κ3) is 5.63. The second-order valence-corrected chi connectivity index (χ2v) is 16.0. The molecular formula is C31H35BNO2PS2. The standard InChI is InChI=1S/C31H35BNO2PS2/c1-30(2)31(3,4)35-32(34-30)23-27(24-15-8-5-9-16-24)29(28-21-14-22-38-28)33-36(37,25-17-10-6-11-18-25)26-19-12-7-13-20-26/h5-22,27,29H,23H2,1-4H3,(H,33,37)/t27-,29-/m1/s1. The average Bonchev–Trinajstić information content (AvgIpc) is 3.53. The highest BCUT2D eigenvalue weighted by atomic mass is 32.4. The Morgan fingerprint density at radius 3 is 1.74 bits per heavy atom. The van der Waals surface area contributed by atoms with Crippen LogP contribution in [0.4, 0.5) is 0 Å². The smallest absolute Gasteiger partial charge is 0.403 e. The van der Waals surface area contributed by atoms with Crippen LogP contribution in [0.5, 0.6) is 0 Å². The van der Waals surface area contributed by atoms with Gasteiger partial charge in [0.15, 0.2) is 0 Å². The maximum Gasteiger partial charge on any atom is 0.458 e. The second-order valence-electron chi connectivity index (χ2n) is 10.8. The van der Waals surface area contributed by atoms with E-state index in [-0.39, 0.29) is 30.3 Å². The van der Waals surface area contributed by atoms with Crippen molar-refractivity contribution in [1.29, 1.82) is 0 Å². The Hall–Kier alpha value is -2.05. The summed E-state index contributed by atoms with van der Waals surface area (Å²) in [5.41, 5.74) is 0.483. The zero-order valence-corrected chi connectivity index (χ0v) is 24.9. The van der Waals surface area contributed by atoms with Crippen molar-refractivity contribution in [2.75, 3.05) is 0 Å². The number of hydrogen-bond acceptors (Lipinski definition) is 4. The van der Waals surface area contributed by atoms with E-state index in [0.29, 0.717) is 6.32 Å². The highest BCUT2D eigenvalue weighted by Crippen LogP contribution is 2.49. The molecule has 0 aliphatic carbocycles. The number of hydrogen-bond donors (Lipinski definition) is 1.